The van der Waals surface area contributed by atoms with Crippen molar-refractivity contribution in [3.8, 4) is 0 Å². The normalized spacial score (nSPS) is 10.7. The third kappa shape index (κ3) is 1.66. The van der Waals surface area contributed by atoms with Crippen molar-refractivity contribution in [3.05, 3.63) is 30.1 Å². The van der Waals surface area contributed by atoms with Crippen LogP contribution in [0, 0.1) is 0 Å². The van der Waals surface area contributed by atoms with Crippen LogP contribution in [0.2, 0.25) is 0 Å². The molecule has 0 amide bonds. The monoisotopic (exact) mass is 191 g/mol. The number of aryl methyl sites for hydroxylation is 2. The third-order valence-electron chi connectivity index (χ3n) is 2.18. The van der Waals surface area contributed by atoms with Crippen molar-refractivity contribution in [2.24, 2.45) is 7.05 Å². The Morgan fingerprint density at radius 2 is 2.29 bits per heavy atom. The van der Waals surface area contributed by atoms with Gasteiger partial charge < -0.3 is 0 Å². The van der Waals surface area contributed by atoms with Crippen LogP contribution in [0.15, 0.2) is 18.7 Å². The number of rotatable bonds is 3. The second-order valence-corrected chi connectivity index (χ2v) is 3.20. The minimum atomic E-state index is 0.726. The first-order chi connectivity index (χ1) is 6.79. The minimum Gasteiger partial charge on any atom is -0.270 e. The van der Waals surface area contributed by atoms with Crippen molar-refractivity contribution in [1.29, 1.82) is 0 Å². The van der Waals surface area contributed by atoms with Gasteiger partial charge in [-0.05, 0) is 12.5 Å². The van der Waals surface area contributed by atoms with E-state index in [-0.39, 0.29) is 0 Å². The van der Waals surface area contributed by atoms with Gasteiger partial charge in [0.15, 0.2) is 0 Å². The number of hydrogen-bond donors (Lipinski definition) is 0. The van der Waals surface area contributed by atoms with E-state index in [2.05, 4.69) is 28.2 Å². The van der Waals surface area contributed by atoms with Gasteiger partial charge in [0, 0.05) is 7.05 Å². The lowest BCUT2D eigenvalue weighted by atomic mass is 10.3. The van der Waals surface area contributed by atoms with Gasteiger partial charge in [-0.25, -0.2) is 9.67 Å². The highest BCUT2D eigenvalue weighted by Gasteiger charge is 2.04. The third-order valence-corrected chi connectivity index (χ3v) is 2.18. The van der Waals surface area contributed by atoms with Crippen LogP contribution in [0.25, 0.3) is 0 Å². The fourth-order valence-corrected chi connectivity index (χ4v) is 1.37. The van der Waals surface area contributed by atoms with E-state index in [0.29, 0.717) is 0 Å². The molecule has 0 saturated heterocycles. The van der Waals surface area contributed by atoms with Gasteiger partial charge in [-0.1, -0.05) is 6.92 Å². The molecule has 2 heterocycles. The average molecular weight is 191 g/mol. The molecule has 14 heavy (non-hydrogen) atoms. The SMILES string of the molecule is CCc1cc(Cn2cncn2)n(C)n1. The second kappa shape index (κ2) is 3.61. The van der Waals surface area contributed by atoms with Crippen molar-refractivity contribution in [2.45, 2.75) is 19.9 Å². The fraction of sp³-hybridized carbons (Fsp3) is 0.444. The van der Waals surface area contributed by atoms with E-state index in [1.54, 1.807) is 11.0 Å². The van der Waals surface area contributed by atoms with E-state index in [1.807, 2.05) is 11.7 Å². The Hall–Kier alpha value is -1.65. The molecule has 0 N–H and O–H groups in total. The Balaban J connectivity index is 2.20. The minimum absolute atomic E-state index is 0.726. The van der Waals surface area contributed by atoms with Gasteiger partial charge in [0.05, 0.1) is 17.9 Å². The zero-order valence-corrected chi connectivity index (χ0v) is 8.38. The molecule has 5 heteroatoms. The van der Waals surface area contributed by atoms with Gasteiger partial charge in [0.25, 0.3) is 0 Å². The molecular formula is C9H13N5. The van der Waals surface area contributed by atoms with Crippen LogP contribution >= 0.6 is 0 Å². The van der Waals surface area contributed by atoms with Crippen LogP contribution in [0.3, 0.4) is 0 Å². The number of hydrogen-bond acceptors (Lipinski definition) is 3. The van der Waals surface area contributed by atoms with Crippen molar-refractivity contribution in [1.82, 2.24) is 24.5 Å². The highest BCUT2D eigenvalue weighted by Crippen LogP contribution is 2.04. The topological polar surface area (TPSA) is 48.5 Å². The molecule has 2 aromatic heterocycles. The van der Waals surface area contributed by atoms with Gasteiger partial charge in [0.2, 0.25) is 0 Å². The summed E-state index contributed by atoms with van der Waals surface area (Å²) in [6.07, 6.45) is 4.21. The maximum atomic E-state index is 4.36. The standard InChI is InChI=1S/C9H13N5/c1-3-8-4-9(13(2)12-8)5-14-7-10-6-11-14/h4,6-7H,3,5H2,1-2H3. The largest absolute Gasteiger partial charge is 0.270 e. The van der Waals surface area contributed by atoms with Gasteiger partial charge in [-0.15, -0.1) is 0 Å². The lowest BCUT2D eigenvalue weighted by Crippen LogP contribution is -2.05. The molecule has 2 rings (SSSR count). The van der Waals surface area contributed by atoms with Gasteiger partial charge >= 0.3 is 0 Å². The molecule has 0 spiro atoms. The van der Waals surface area contributed by atoms with Crippen LogP contribution in [0.1, 0.15) is 18.3 Å². The Labute approximate surface area is 82.4 Å². The second-order valence-electron chi connectivity index (χ2n) is 3.20. The summed E-state index contributed by atoms with van der Waals surface area (Å²) in [4.78, 5) is 3.90. The van der Waals surface area contributed by atoms with Crippen molar-refractivity contribution in [3.63, 3.8) is 0 Å². The Bertz CT molecular complexity index is 401. The number of aromatic nitrogens is 5. The van der Waals surface area contributed by atoms with Crippen molar-refractivity contribution in [2.75, 3.05) is 0 Å². The zero-order chi connectivity index (χ0) is 9.97. The van der Waals surface area contributed by atoms with E-state index in [1.165, 1.54) is 6.33 Å². The molecule has 74 valence electrons. The summed E-state index contributed by atoms with van der Waals surface area (Å²) in [5.74, 6) is 0. The lowest BCUT2D eigenvalue weighted by molar-refractivity contribution is 0.616. The Morgan fingerprint density at radius 3 is 2.86 bits per heavy atom. The van der Waals surface area contributed by atoms with Gasteiger partial charge in [0.1, 0.15) is 12.7 Å². The maximum absolute atomic E-state index is 4.36. The van der Waals surface area contributed by atoms with Crippen molar-refractivity contribution >= 4 is 0 Å². The molecule has 0 saturated carbocycles. The molecule has 2 aromatic rings. The van der Waals surface area contributed by atoms with Crippen LogP contribution < -0.4 is 0 Å². The van der Waals surface area contributed by atoms with E-state index >= 15 is 0 Å². The van der Waals surface area contributed by atoms with E-state index in [9.17, 15) is 0 Å². The van der Waals surface area contributed by atoms with Gasteiger partial charge in [-0.3, -0.25) is 4.68 Å². The van der Waals surface area contributed by atoms with Crippen LogP contribution in [-0.4, -0.2) is 24.5 Å². The summed E-state index contributed by atoms with van der Waals surface area (Å²) in [6, 6.07) is 2.10. The quantitative estimate of drug-likeness (QED) is 0.714. The molecule has 0 aliphatic heterocycles. The summed E-state index contributed by atoms with van der Waals surface area (Å²) in [5.41, 5.74) is 2.26. The summed E-state index contributed by atoms with van der Waals surface area (Å²) in [6.45, 7) is 2.82. The molecule has 0 aromatic carbocycles. The summed E-state index contributed by atoms with van der Waals surface area (Å²) in [5, 5.41) is 8.42. The Morgan fingerprint density at radius 1 is 1.43 bits per heavy atom. The summed E-state index contributed by atoms with van der Waals surface area (Å²) < 4.78 is 3.68. The highest BCUT2D eigenvalue weighted by atomic mass is 15.3. The smallest absolute Gasteiger partial charge is 0.137 e. The predicted molar refractivity (Wildman–Crippen MR) is 51.7 cm³/mol. The molecular weight excluding hydrogens is 178 g/mol. The first kappa shape index (κ1) is 8.93. The maximum Gasteiger partial charge on any atom is 0.137 e. The van der Waals surface area contributed by atoms with Crippen LogP contribution in [0.4, 0.5) is 0 Å². The summed E-state index contributed by atoms with van der Waals surface area (Å²) >= 11 is 0. The molecule has 0 fully saturated rings. The molecule has 0 unspecified atom stereocenters. The molecule has 5 nitrogen and oxygen atoms in total. The van der Waals surface area contributed by atoms with E-state index < -0.39 is 0 Å². The molecule has 0 aliphatic rings. The van der Waals surface area contributed by atoms with E-state index in [4.69, 9.17) is 0 Å². The fourth-order valence-electron chi connectivity index (χ4n) is 1.37. The van der Waals surface area contributed by atoms with E-state index in [0.717, 1.165) is 24.4 Å². The van der Waals surface area contributed by atoms with Crippen molar-refractivity contribution < 1.29 is 0 Å². The Kier molecular flexibility index (Phi) is 2.30. The van der Waals surface area contributed by atoms with Crippen LogP contribution in [0.5, 0.6) is 0 Å². The molecule has 0 aliphatic carbocycles. The first-order valence-electron chi connectivity index (χ1n) is 4.64. The predicted octanol–water partition coefficient (Wildman–Crippen LogP) is 0.622. The molecule has 0 radical (unpaired) electrons. The zero-order valence-electron chi connectivity index (χ0n) is 8.38. The highest BCUT2D eigenvalue weighted by molar-refractivity contribution is 5.10. The first-order valence-corrected chi connectivity index (χ1v) is 4.64. The number of nitrogens with zero attached hydrogens (tertiary/aromatic N) is 5. The molecule has 0 bridgehead atoms. The lowest BCUT2D eigenvalue weighted by Gasteiger charge is -1.99. The summed E-state index contributed by atoms with van der Waals surface area (Å²) in [7, 11) is 1.95. The average Bonchev–Trinajstić information content (AvgIpc) is 2.78. The van der Waals surface area contributed by atoms with Gasteiger partial charge in [-0.2, -0.15) is 10.2 Å². The molecule has 0 atom stereocenters. The van der Waals surface area contributed by atoms with Crippen LogP contribution in [-0.2, 0) is 20.0 Å².